The lowest BCUT2D eigenvalue weighted by molar-refractivity contribution is 0.501. The first-order valence-corrected chi connectivity index (χ1v) is 6.94. The Morgan fingerprint density at radius 3 is 2.85 bits per heavy atom. The van der Waals surface area contributed by atoms with Crippen LogP contribution in [0.15, 0.2) is 52.1 Å². The predicted octanol–water partition coefficient (Wildman–Crippen LogP) is 3.19. The summed E-state index contributed by atoms with van der Waals surface area (Å²) in [6.07, 6.45) is 1.66. The topological polar surface area (TPSA) is 49.6 Å². The van der Waals surface area contributed by atoms with Crippen molar-refractivity contribution in [3.05, 3.63) is 59.0 Å². The quantitative estimate of drug-likeness (QED) is 0.657. The fourth-order valence-electron chi connectivity index (χ4n) is 1.73. The highest BCUT2D eigenvalue weighted by atomic mass is 35.5. The van der Waals surface area contributed by atoms with Crippen molar-refractivity contribution in [3.63, 3.8) is 0 Å². The molecule has 0 amide bonds. The van der Waals surface area contributed by atoms with E-state index in [9.17, 15) is 0 Å². The molecule has 2 aromatic rings. The van der Waals surface area contributed by atoms with Crippen molar-refractivity contribution in [1.82, 2.24) is 10.6 Å². The van der Waals surface area contributed by atoms with E-state index in [0.717, 1.165) is 28.9 Å². The molecule has 0 aliphatic rings. The van der Waals surface area contributed by atoms with Crippen molar-refractivity contribution in [2.45, 2.75) is 20.0 Å². The van der Waals surface area contributed by atoms with Crippen molar-refractivity contribution in [3.8, 4) is 0 Å². The SMILES string of the molecule is CCNC(=NCc1cccc(Cl)c1)NCc1ccco1. The number of aliphatic imine (C=N–C) groups is 1. The van der Waals surface area contributed by atoms with Crippen LogP contribution in [0.25, 0.3) is 0 Å². The number of furan rings is 1. The second-order valence-corrected chi connectivity index (χ2v) is 4.69. The van der Waals surface area contributed by atoms with Crippen LogP contribution >= 0.6 is 11.6 Å². The van der Waals surface area contributed by atoms with E-state index in [1.807, 2.05) is 43.3 Å². The van der Waals surface area contributed by atoms with Crippen molar-refractivity contribution in [2.75, 3.05) is 6.54 Å². The molecule has 0 saturated heterocycles. The van der Waals surface area contributed by atoms with Crippen LogP contribution in [-0.2, 0) is 13.1 Å². The fraction of sp³-hybridized carbons (Fsp3) is 0.267. The van der Waals surface area contributed by atoms with E-state index in [1.165, 1.54) is 0 Å². The average Bonchev–Trinajstić information content (AvgIpc) is 2.95. The molecule has 0 fully saturated rings. The zero-order valence-electron chi connectivity index (χ0n) is 11.4. The summed E-state index contributed by atoms with van der Waals surface area (Å²) in [6.45, 7) is 4.02. The Bertz CT molecular complexity index is 552. The molecule has 20 heavy (non-hydrogen) atoms. The molecule has 0 atom stereocenters. The van der Waals surface area contributed by atoms with E-state index in [-0.39, 0.29) is 0 Å². The standard InChI is InChI=1S/C15H18ClN3O/c1-2-17-15(19-11-14-7-4-8-20-14)18-10-12-5-3-6-13(16)9-12/h3-9H,2,10-11H2,1H3,(H2,17,18,19). The molecule has 0 unspecified atom stereocenters. The van der Waals surface area contributed by atoms with Gasteiger partial charge in [0, 0.05) is 11.6 Å². The average molecular weight is 292 g/mol. The second-order valence-electron chi connectivity index (χ2n) is 4.26. The zero-order valence-corrected chi connectivity index (χ0v) is 12.2. The van der Waals surface area contributed by atoms with Gasteiger partial charge in [-0.2, -0.15) is 0 Å². The third-order valence-electron chi connectivity index (χ3n) is 2.66. The molecular formula is C15H18ClN3O. The van der Waals surface area contributed by atoms with Gasteiger partial charge in [0.1, 0.15) is 5.76 Å². The smallest absolute Gasteiger partial charge is 0.191 e. The molecule has 0 saturated carbocycles. The number of nitrogens with zero attached hydrogens (tertiary/aromatic N) is 1. The van der Waals surface area contributed by atoms with E-state index < -0.39 is 0 Å². The second kappa shape index (κ2) is 7.60. The zero-order chi connectivity index (χ0) is 14.2. The van der Waals surface area contributed by atoms with Crippen LogP contribution in [0.2, 0.25) is 5.02 Å². The summed E-state index contributed by atoms with van der Waals surface area (Å²) in [4.78, 5) is 4.52. The monoisotopic (exact) mass is 291 g/mol. The van der Waals surface area contributed by atoms with Gasteiger partial charge in [0.2, 0.25) is 0 Å². The van der Waals surface area contributed by atoms with Gasteiger partial charge in [-0.25, -0.2) is 4.99 Å². The molecular weight excluding hydrogens is 274 g/mol. The minimum absolute atomic E-state index is 0.577. The van der Waals surface area contributed by atoms with Gasteiger partial charge in [0.15, 0.2) is 5.96 Å². The van der Waals surface area contributed by atoms with Gasteiger partial charge in [-0.1, -0.05) is 23.7 Å². The molecule has 106 valence electrons. The summed E-state index contributed by atoms with van der Waals surface area (Å²) in [5, 5.41) is 7.14. The molecule has 2 rings (SSSR count). The predicted molar refractivity (Wildman–Crippen MR) is 81.8 cm³/mol. The molecule has 0 aliphatic heterocycles. The van der Waals surface area contributed by atoms with Crippen LogP contribution in [0, 0.1) is 0 Å². The third-order valence-corrected chi connectivity index (χ3v) is 2.90. The number of halogens is 1. The van der Waals surface area contributed by atoms with Crippen LogP contribution in [0.1, 0.15) is 18.2 Å². The first-order chi connectivity index (χ1) is 9.78. The number of hydrogen-bond donors (Lipinski definition) is 2. The van der Waals surface area contributed by atoms with E-state index >= 15 is 0 Å². The van der Waals surface area contributed by atoms with E-state index in [4.69, 9.17) is 16.0 Å². The Labute approximate surface area is 123 Å². The fourth-order valence-corrected chi connectivity index (χ4v) is 1.94. The molecule has 0 spiro atoms. The van der Waals surface area contributed by atoms with E-state index in [2.05, 4.69) is 15.6 Å². The lowest BCUT2D eigenvalue weighted by atomic mass is 10.2. The van der Waals surface area contributed by atoms with E-state index in [1.54, 1.807) is 6.26 Å². The van der Waals surface area contributed by atoms with Crippen LogP contribution < -0.4 is 10.6 Å². The minimum atomic E-state index is 0.577. The van der Waals surface area contributed by atoms with Gasteiger partial charge in [-0.3, -0.25) is 0 Å². The lowest BCUT2D eigenvalue weighted by Crippen LogP contribution is -2.36. The number of benzene rings is 1. The van der Waals surface area contributed by atoms with Crippen molar-refractivity contribution in [1.29, 1.82) is 0 Å². The van der Waals surface area contributed by atoms with E-state index in [0.29, 0.717) is 13.1 Å². The first-order valence-electron chi connectivity index (χ1n) is 6.57. The van der Waals surface area contributed by atoms with Gasteiger partial charge in [-0.15, -0.1) is 0 Å². The summed E-state index contributed by atoms with van der Waals surface area (Å²) in [5.74, 6) is 1.63. The highest BCUT2D eigenvalue weighted by Crippen LogP contribution is 2.11. The molecule has 4 nitrogen and oxygen atoms in total. The summed E-state index contributed by atoms with van der Waals surface area (Å²) in [7, 11) is 0. The van der Waals surface area contributed by atoms with Crippen LogP contribution in [-0.4, -0.2) is 12.5 Å². The maximum Gasteiger partial charge on any atom is 0.191 e. The van der Waals surface area contributed by atoms with Gasteiger partial charge >= 0.3 is 0 Å². The van der Waals surface area contributed by atoms with Crippen molar-refractivity contribution >= 4 is 17.6 Å². The summed E-state index contributed by atoms with van der Waals surface area (Å²) in [5.41, 5.74) is 1.08. The minimum Gasteiger partial charge on any atom is -0.467 e. The number of rotatable bonds is 5. The Morgan fingerprint density at radius 1 is 1.25 bits per heavy atom. The van der Waals surface area contributed by atoms with Crippen molar-refractivity contribution in [2.24, 2.45) is 4.99 Å². The highest BCUT2D eigenvalue weighted by molar-refractivity contribution is 6.30. The van der Waals surface area contributed by atoms with Crippen molar-refractivity contribution < 1.29 is 4.42 Å². The Morgan fingerprint density at radius 2 is 2.15 bits per heavy atom. The number of hydrogen-bond acceptors (Lipinski definition) is 2. The Balaban J connectivity index is 1.94. The summed E-state index contributed by atoms with van der Waals surface area (Å²) >= 11 is 5.96. The summed E-state index contributed by atoms with van der Waals surface area (Å²) in [6, 6.07) is 11.5. The molecule has 2 N–H and O–H groups in total. The van der Waals surface area contributed by atoms with Crippen LogP contribution in [0.5, 0.6) is 0 Å². The number of guanidine groups is 1. The Kier molecular flexibility index (Phi) is 5.50. The maximum absolute atomic E-state index is 5.96. The molecule has 0 bridgehead atoms. The molecule has 5 heteroatoms. The molecule has 0 radical (unpaired) electrons. The first kappa shape index (κ1) is 14.5. The van der Waals surface area contributed by atoms with Crippen LogP contribution in [0.4, 0.5) is 0 Å². The summed E-state index contributed by atoms with van der Waals surface area (Å²) < 4.78 is 5.28. The normalized spacial score (nSPS) is 11.4. The molecule has 0 aliphatic carbocycles. The maximum atomic E-state index is 5.96. The highest BCUT2D eigenvalue weighted by Gasteiger charge is 2.00. The van der Waals surface area contributed by atoms with Gasteiger partial charge in [0.05, 0.1) is 19.4 Å². The largest absolute Gasteiger partial charge is 0.467 e. The Hall–Kier alpha value is -1.94. The lowest BCUT2D eigenvalue weighted by Gasteiger charge is -2.10. The molecule has 1 heterocycles. The van der Waals surface area contributed by atoms with Crippen LogP contribution in [0.3, 0.4) is 0 Å². The number of nitrogens with one attached hydrogen (secondary N) is 2. The molecule has 1 aromatic heterocycles. The van der Waals surface area contributed by atoms with Gasteiger partial charge in [0.25, 0.3) is 0 Å². The van der Waals surface area contributed by atoms with Gasteiger partial charge in [-0.05, 0) is 36.8 Å². The third kappa shape index (κ3) is 4.63. The molecule has 1 aromatic carbocycles. The van der Waals surface area contributed by atoms with Gasteiger partial charge < -0.3 is 15.1 Å².